The van der Waals surface area contributed by atoms with Crippen molar-refractivity contribution in [3.8, 4) is 0 Å². The number of carbonyl (C=O) groups excluding carboxylic acids is 3. The number of unbranched alkanes of at least 4 members (excludes halogenated alkanes) is 6. The molecule has 0 radical (unpaired) electrons. The Morgan fingerprint density at radius 2 is 0.703 bits per heavy atom. The van der Waals surface area contributed by atoms with Gasteiger partial charge in [0.15, 0.2) is 0 Å². The van der Waals surface area contributed by atoms with Crippen molar-refractivity contribution in [1.82, 2.24) is 51.4 Å². The van der Waals surface area contributed by atoms with E-state index >= 15 is 0 Å². The van der Waals surface area contributed by atoms with Gasteiger partial charge >= 0.3 is 17.9 Å². The first-order valence-electron chi connectivity index (χ1n) is 27.9. The van der Waals surface area contributed by atoms with E-state index in [0.29, 0.717) is 24.5 Å². The van der Waals surface area contributed by atoms with Gasteiger partial charge in [-0.05, 0) is 221 Å². The van der Waals surface area contributed by atoms with Crippen LogP contribution in [0.2, 0.25) is 15.9 Å². The molecule has 3 aliphatic heterocycles. The Labute approximate surface area is 464 Å². The number of hydrogen-bond donors (Lipinski definition) is 4. The zero-order valence-corrected chi connectivity index (χ0v) is 51.8. The molecule has 74 heavy (non-hydrogen) atoms. The third kappa shape index (κ3) is 26.6. The molecule has 4 heterocycles. The average Bonchev–Trinajstić information content (AvgIpc) is 3.25. The summed E-state index contributed by atoms with van der Waals surface area (Å²) in [6.45, 7) is 42.8. The van der Waals surface area contributed by atoms with Crippen molar-refractivity contribution < 1.29 is 28.9 Å². The van der Waals surface area contributed by atoms with Crippen molar-refractivity contribution in [3.63, 3.8) is 0 Å². The van der Waals surface area contributed by atoms with Crippen LogP contribution < -0.4 is 21.3 Å². The first-order chi connectivity index (χ1) is 34.3. The molecule has 0 unspecified atom stereocenters. The van der Waals surface area contributed by atoms with Gasteiger partial charge in [0.1, 0.15) is 0 Å². The standard InChI is InChI=1S/C29H56N4O4.C15H30N2O2.C8H19N.C3Cl3N3/c1-11-25(35)37-33-28(7,8)20-24(21-29(33,9)10)31-17-15-13-12-14-16-30-23-18-26(3,4)32(36-22(2)34)27(5,6)19-23;1-7-8-9-16-13-10-14(3,4)17(19-12(2)18)15(5,6)11-13;1-3-5-7-9-8-6-4-2;4-1-7-2(5)9-3(6)8-1/h23-24,30-31H,11-21H2,1-10H3;13,16H,7-11H2,1-6H3;9H,3-8H2,1-2H3;. The Morgan fingerprint density at radius 3 is 0.959 bits per heavy atom. The van der Waals surface area contributed by atoms with Gasteiger partial charge < -0.3 is 35.8 Å². The maximum absolute atomic E-state index is 11.9. The molecule has 1 aromatic heterocycles. The van der Waals surface area contributed by atoms with Crippen molar-refractivity contribution >= 4 is 52.7 Å². The highest BCUT2D eigenvalue weighted by molar-refractivity contribution is 6.33. The summed E-state index contributed by atoms with van der Waals surface area (Å²) in [6.07, 6.45) is 18.7. The van der Waals surface area contributed by atoms with Crippen LogP contribution in [0.5, 0.6) is 0 Å². The van der Waals surface area contributed by atoms with Crippen LogP contribution in [0.3, 0.4) is 0 Å². The fraction of sp³-hybridized carbons (Fsp3) is 0.891. The van der Waals surface area contributed by atoms with Crippen molar-refractivity contribution in [1.29, 1.82) is 0 Å². The van der Waals surface area contributed by atoms with E-state index < -0.39 is 0 Å². The summed E-state index contributed by atoms with van der Waals surface area (Å²) in [7, 11) is 0. The van der Waals surface area contributed by atoms with Crippen LogP contribution in [0.1, 0.15) is 234 Å². The van der Waals surface area contributed by atoms with Crippen molar-refractivity contribution in [2.45, 2.75) is 285 Å². The van der Waals surface area contributed by atoms with Crippen LogP contribution in [-0.2, 0) is 28.9 Å². The minimum Gasteiger partial charge on any atom is -0.367 e. The van der Waals surface area contributed by atoms with Gasteiger partial charge in [-0.1, -0.05) is 59.8 Å². The summed E-state index contributed by atoms with van der Waals surface area (Å²) in [4.78, 5) is 62.0. The van der Waals surface area contributed by atoms with Gasteiger partial charge in [-0.3, -0.25) is 14.4 Å². The van der Waals surface area contributed by atoms with E-state index in [-0.39, 0.29) is 67.0 Å². The fourth-order valence-corrected chi connectivity index (χ4v) is 11.7. The van der Waals surface area contributed by atoms with Crippen LogP contribution in [0.4, 0.5) is 0 Å². The highest BCUT2D eigenvalue weighted by Gasteiger charge is 2.50. The maximum atomic E-state index is 11.9. The number of nitrogens with zero attached hydrogens (tertiary/aromatic N) is 6. The van der Waals surface area contributed by atoms with E-state index in [1.165, 1.54) is 91.1 Å². The second kappa shape index (κ2) is 33.4. The Balaban J connectivity index is 0.000000605. The molecular weight excluding hydrogens is 1000 g/mol. The quantitative estimate of drug-likeness (QED) is 0.0761. The predicted octanol–water partition coefficient (Wildman–Crippen LogP) is 12.0. The van der Waals surface area contributed by atoms with E-state index in [4.69, 9.17) is 49.3 Å². The lowest BCUT2D eigenvalue weighted by molar-refractivity contribution is -0.268. The molecule has 1 aromatic rings. The molecule has 3 aliphatic rings. The Hall–Kier alpha value is -1.99. The minimum atomic E-state index is -0.252. The monoisotopic (exact) mass is 1110 g/mol. The van der Waals surface area contributed by atoms with Crippen LogP contribution in [0, 0.1) is 0 Å². The number of hydrogen-bond acceptors (Lipinski definition) is 16. The van der Waals surface area contributed by atoms with Gasteiger partial charge in [0.05, 0.1) is 33.2 Å². The molecule has 3 saturated heterocycles. The van der Waals surface area contributed by atoms with Crippen molar-refractivity contribution in [3.05, 3.63) is 15.9 Å². The zero-order chi connectivity index (χ0) is 56.6. The third-order valence-electron chi connectivity index (χ3n) is 13.6. The van der Waals surface area contributed by atoms with Gasteiger partial charge in [0, 0.05) is 38.4 Å². The normalized spacial score (nSPS) is 20.4. The summed E-state index contributed by atoms with van der Waals surface area (Å²) in [6, 6.07) is 1.34. The molecule has 19 heteroatoms. The van der Waals surface area contributed by atoms with Gasteiger partial charge in [-0.2, -0.15) is 15.0 Å². The number of rotatable bonds is 23. The Bertz CT molecular complexity index is 1680. The highest BCUT2D eigenvalue weighted by atomic mass is 35.5. The van der Waals surface area contributed by atoms with Crippen LogP contribution in [0.25, 0.3) is 0 Å². The summed E-state index contributed by atoms with van der Waals surface area (Å²) in [5.41, 5.74) is -1.09. The molecular formula is C55H105Cl3N10O6. The van der Waals surface area contributed by atoms with Crippen molar-refractivity contribution in [2.75, 3.05) is 32.7 Å². The number of carbonyl (C=O) groups is 3. The van der Waals surface area contributed by atoms with E-state index in [2.05, 4.69) is 140 Å². The molecule has 4 rings (SSSR count). The number of halogens is 3. The molecule has 0 aliphatic carbocycles. The smallest absolute Gasteiger partial charge is 0.324 e. The van der Waals surface area contributed by atoms with Crippen molar-refractivity contribution in [2.24, 2.45) is 0 Å². The first-order valence-corrected chi connectivity index (χ1v) is 29.0. The van der Waals surface area contributed by atoms with Crippen LogP contribution in [-0.4, -0.2) is 132 Å². The molecule has 0 saturated carbocycles. The fourth-order valence-electron chi connectivity index (χ4n) is 11.1. The molecule has 3 fully saturated rings. The topological polar surface area (TPSA) is 175 Å². The first kappa shape index (κ1) is 70.0. The molecule has 0 bridgehead atoms. The Morgan fingerprint density at radius 1 is 0.446 bits per heavy atom. The summed E-state index contributed by atoms with van der Waals surface area (Å²) in [5, 5.41) is 20.3. The van der Waals surface area contributed by atoms with Gasteiger partial charge in [0.2, 0.25) is 15.9 Å². The number of aromatic nitrogens is 3. The third-order valence-corrected chi connectivity index (χ3v) is 14.1. The molecule has 432 valence electrons. The maximum Gasteiger partial charge on any atom is 0.324 e. The van der Waals surface area contributed by atoms with Crippen LogP contribution in [0.15, 0.2) is 0 Å². The average molecular weight is 1110 g/mol. The molecule has 0 aromatic carbocycles. The Kier molecular flexibility index (Phi) is 31.6. The van der Waals surface area contributed by atoms with Gasteiger partial charge in [-0.15, -0.1) is 15.2 Å². The lowest BCUT2D eigenvalue weighted by atomic mass is 9.79. The molecule has 16 nitrogen and oxygen atoms in total. The van der Waals surface area contributed by atoms with Gasteiger partial charge in [0.25, 0.3) is 0 Å². The van der Waals surface area contributed by atoms with E-state index in [1.54, 1.807) is 0 Å². The van der Waals surface area contributed by atoms with E-state index in [1.807, 2.05) is 22.1 Å². The molecule has 0 amide bonds. The molecule has 4 N–H and O–H groups in total. The predicted molar refractivity (Wildman–Crippen MR) is 304 cm³/mol. The second-order valence-corrected chi connectivity index (χ2v) is 25.3. The lowest BCUT2D eigenvalue weighted by Gasteiger charge is -2.53. The molecule has 0 spiro atoms. The SMILES string of the molecule is CCC(=O)ON1C(C)(C)CC(NCCCCCCNC2CC(C)(C)N(OC(C)=O)C(C)(C)C2)CC1(C)C.CCCCNC1CC(C)(C)N(OC(C)=O)C(C)(C)C1.CCCCNCCCC.Clc1nc(Cl)nc(Cl)n1. The van der Waals surface area contributed by atoms with E-state index in [0.717, 1.165) is 58.2 Å². The molecule has 0 atom stereocenters. The lowest BCUT2D eigenvalue weighted by Crippen LogP contribution is -2.64. The summed E-state index contributed by atoms with van der Waals surface area (Å²) < 4.78 is 0. The van der Waals surface area contributed by atoms with Crippen LogP contribution >= 0.6 is 34.8 Å². The largest absolute Gasteiger partial charge is 0.367 e. The minimum absolute atomic E-state index is 0.000000000000000444. The summed E-state index contributed by atoms with van der Waals surface area (Å²) >= 11 is 16.0. The number of hydroxylamine groups is 6. The second-order valence-electron chi connectivity index (χ2n) is 24.3. The number of piperidine rings is 3. The van der Waals surface area contributed by atoms with Gasteiger partial charge in [-0.25, -0.2) is 0 Å². The zero-order valence-electron chi connectivity index (χ0n) is 49.6. The highest BCUT2D eigenvalue weighted by Crippen LogP contribution is 2.41. The number of nitrogens with one attached hydrogen (secondary N) is 4. The van der Waals surface area contributed by atoms with E-state index in [9.17, 15) is 14.4 Å². The summed E-state index contributed by atoms with van der Waals surface area (Å²) in [5.74, 6) is -0.655.